The predicted octanol–water partition coefficient (Wildman–Crippen LogP) is 4.21. The van der Waals surface area contributed by atoms with Crippen molar-refractivity contribution in [1.29, 1.82) is 0 Å². The summed E-state index contributed by atoms with van der Waals surface area (Å²) >= 11 is 5.42. The van der Waals surface area contributed by atoms with E-state index in [-0.39, 0.29) is 11.9 Å². The minimum Gasteiger partial charge on any atom is -0.493 e. The van der Waals surface area contributed by atoms with Crippen molar-refractivity contribution in [2.75, 3.05) is 6.61 Å². The molecule has 1 aliphatic heterocycles. The molecule has 2 heterocycles. The molecule has 1 aromatic heterocycles. The Labute approximate surface area is 126 Å². The molecule has 21 heavy (non-hydrogen) atoms. The van der Waals surface area contributed by atoms with Crippen LogP contribution in [0.3, 0.4) is 0 Å². The van der Waals surface area contributed by atoms with Gasteiger partial charge in [-0.25, -0.2) is 4.39 Å². The van der Waals surface area contributed by atoms with Crippen LogP contribution in [0.1, 0.15) is 18.0 Å². The Kier molecular flexibility index (Phi) is 2.82. The zero-order valence-corrected chi connectivity index (χ0v) is 12.0. The number of H-pyrrole nitrogens is 1. The Hall–Kier alpha value is -2.14. The van der Waals surface area contributed by atoms with Crippen molar-refractivity contribution in [2.24, 2.45) is 0 Å². The van der Waals surface area contributed by atoms with Crippen LogP contribution in [0.25, 0.3) is 11.0 Å². The SMILES string of the molecule is Fc1cccc2c1[nH]c(=S)n2C1CCOc2ccccc21. The summed E-state index contributed by atoms with van der Waals surface area (Å²) in [5.41, 5.74) is 2.35. The number of imidazole rings is 1. The third-order valence-corrected chi connectivity index (χ3v) is 4.24. The van der Waals surface area contributed by atoms with E-state index in [0.717, 1.165) is 23.3 Å². The van der Waals surface area contributed by atoms with Gasteiger partial charge in [-0.3, -0.25) is 0 Å². The number of fused-ring (bicyclic) bond motifs is 2. The van der Waals surface area contributed by atoms with Gasteiger partial charge in [0.15, 0.2) is 4.77 Å². The van der Waals surface area contributed by atoms with Crippen molar-refractivity contribution in [3.8, 4) is 5.75 Å². The van der Waals surface area contributed by atoms with E-state index in [1.54, 1.807) is 6.07 Å². The van der Waals surface area contributed by atoms with Crippen LogP contribution in [0.2, 0.25) is 0 Å². The molecule has 1 atom stereocenters. The standard InChI is InChI=1S/C16H13FN2OS/c17-11-5-3-6-13-15(11)18-16(21)19(13)12-8-9-20-14-7-2-1-4-10(12)14/h1-7,12H,8-9H2,(H,18,21). The average Bonchev–Trinajstić information content (AvgIpc) is 2.84. The topological polar surface area (TPSA) is 29.9 Å². The van der Waals surface area contributed by atoms with Gasteiger partial charge in [0.25, 0.3) is 0 Å². The maximum Gasteiger partial charge on any atom is 0.178 e. The van der Waals surface area contributed by atoms with E-state index >= 15 is 0 Å². The van der Waals surface area contributed by atoms with Crippen molar-refractivity contribution >= 4 is 23.3 Å². The predicted molar refractivity (Wildman–Crippen MR) is 81.8 cm³/mol. The quantitative estimate of drug-likeness (QED) is 0.682. The number of aromatic nitrogens is 2. The van der Waals surface area contributed by atoms with E-state index in [1.807, 2.05) is 34.9 Å². The molecule has 3 aromatic rings. The number of hydrogen-bond donors (Lipinski definition) is 1. The van der Waals surface area contributed by atoms with Gasteiger partial charge < -0.3 is 14.3 Å². The molecule has 0 spiro atoms. The van der Waals surface area contributed by atoms with Crippen molar-refractivity contribution in [3.05, 3.63) is 58.6 Å². The molecule has 0 saturated carbocycles. The number of halogens is 1. The number of benzene rings is 2. The molecule has 0 aliphatic carbocycles. The van der Waals surface area contributed by atoms with Crippen LogP contribution in [0, 0.1) is 10.6 Å². The molecule has 5 heteroatoms. The first-order chi connectivity index (χ1) is 10.3. The second-order valence-electron chi connectivity index (χ2n) is 5.12. The van der Waals surface area contributed by atoms with Gasteiger partial charge in [0.2, 0.25) is 0 Å². The number of nitrogens with zero attached hydrogens (tertiary/aromatic N) is 1. The van der Waals surface area contributed by atoms with Crippen molar-refractivity contribution in [2.45, 2.75) is 12.5 Å². The molecule has 0 fully saturated rings. The van der Waals surface area contributed by atoms with E-state index < -0.39 is 0 Å². The molecular weight excluding hydrogens is 287 g/mol. The minimum atomic E-state index is -0.280. The van der Waals surface area contributed by atoms with E-state index in [1.165, 1.54) is 6.07 Å². The smallest absolute Gasteiger partial charge is 0.178 e. The molecule has 1 N–H and O–H groups in total. The van der Waals surface area contributed by atoms with E-state index in [0.29, 0.717) is 16.9 Å². The van der Waals surface area contributed by atoms with Gasteiger partial charge in [-0.05, 0) is 30.4 Å². The van der Waals surface area contributed by atoms with Crippen LogP contribution in [0.15, 0.2) is 42.5 Å². The molecule has 1 unspecified atom stereocenters. The number of aromatic amines is 1. The Bertz CT molecular complexity index is 883. The summed E-state index contributed by atoms with van der Waals surface area (Å²) in [6.45, 7) is 0.630. The molecule has 106 valence electrons. The zero-order valence-electron chi connectivity index (χ0n) is 11.2. The average molecular weight is 300 g/mol. The normalized spacial score (nSPS) is 17.5. The summed E-state index contributed by atoms with van der Waals surface area (Å²) in [6.07, 6.45) is 0.814. The highest BCUT2D eigenvalue weighted by atomic mass is 32.1. The van der Waals surface area contributed by atoms with E-state index in [2.05, 4.69) is 4.98 Å². The van der Waals surface area contributed by atoms with E-state index in [4.69, 9.17) is 17.0 Å². The fourth-order valence-corrected chi connectivity index (χ4v) is 3.34. The molecule has 0 saturated heterocycles. The van der Waals surface area contributed by atoms with Crippen LogP contribution in [0.4, 0.5) is 4.39 Å². The van der Waals surface area contributed by atoms with Gasteiger partial charge in [-0.2, -0.15) is 0 Å². The van der Waals surface area contributed by atoms with Gasteiger partial charge in [0, 0.05) is 12.0 Å². The van der Waals surface area contributed by atoms with Crippen molar-refractivity contribution in [3.63, 3.8) is 0 Å². The fraction of sp³-hybridized carbons (Fsp3) is 0.188. The zero-order chi connectivity index (χ0) is 14.4. The summed E-state index contributed by atoms with van der Waals surface area (Å²) < 4.78 is 22.2. The largest absolute Gasteiger partial charge is 0.493 e. The highest BCUT2D eigenvalue weighted by Gasteiger charge is 2.25. The second-order valence-corrected chi connectivity index (χ2v) is 5.51. The fourth-order valence-electron chi connectivity index (χ4n) is 3.01. The van der Waals surface area contributed by atoms with Crippen LogP contribution in [0.5, 0.6) is 5.75 Å². The van der Waals surface area contributed by atoms with Crippen LogP contribution in [-0.4, -0.2) is 16.2 Å². The third-order valence-electron chi connectivity index (χ3n) is 3.94. The number of hydrogen-bond acceptors (Lipinski definition) is 2. The summed E-state index contributed by atoms with van der Waals surface area (Å²) in [4.78, 5) is 2.99. The van der Waals surface area contributed by atoms with Crippen LogP contribution >= 0.6 is 12.2 Å². The van der Waals surface area contributed by atoms with Crippen molar-refractivity contribution in [1.82, 2.24) is 9.55 Å². The van der Waals surface area contributed by atoms with Gasteiger partial charge in [-0.1, -0.05) is 24.3 Å². The minimum absolute atomic E-state index is 0.0676. The number of nitrogens with one attached hydrogen (secondary N) is 1. The lowest BCUT2D eigenvalue weighted by Gasteiger charge is -2.27. The first-order valence-electron chi connectivity index (χ1n) is 6.86. The lowest BCUT2D eigenvalue weighted by molar-refractivity contribution is 0.257. The summed E-state index contributed by atoms with van der Waals surface area (Å²) in [6, 6.07) is 13.0. The Morgan fingerprint density at radius 3 is 2.95 bits per heavy atom. The molecule has 2 aromatic carbocycles. The first kappa shape index (κ1) is 12.6. The monoisotopic (exact) mass is 300 g/mol. The van der Waals surface area contributed by atoms with Gasteiger partial charge in [-0.15, -0.1) is 0 Å². The molecule has 4 rings (SSSR count). The maximum absolute atomic E-state index is 13.9. The molecular formula is C16H13FN2OS. The molecule has 0 amide bonds. The Morgan fingerprint density at radius 1 is 1.19 bits per heavy atom. The molecule has 1 aliphatic rings. The molecule has 3 nitrogen and oxygen atoms in total. The summed E-state index contributed by atoms with van der Waals surface area (Å²) in [5, 5.41) is 0. The molecule has 0 bridgehead atoms. The lowest BCUT2D eigenvalue weighted by Crippen LogP contribution is -2.20. The van der Waals surface area contributed by atoms with Crippen LogP contribution in [-0.2, 0) is 0 Å². The van der Waals surface area contributed by atoms with Crippen molar-refractivity contribution < 1.29 is 9.13 Å². The second kappa shape index (κ2) is 4.70. The van der Waals surface area contributed by atoms with Crippen LogP contribution < -0.4 is 4.74 Å². The Morgan fingerprint density at radius 2 is 2.05 bits per heavy atom. The summed E-state index contributed by atoms with van der Waals surface area (Å²) in [5.74, 6) is 0.596. The number of ether oxygens (including phenoxy) is 1. The lowest BCUT2D eigenvalue weighted by atomic mass is 10.0. The molecule has 0 radical (unpaired) electrons. The van der Waals surface area contributed by atoms with E-state index in [9.17, 15) is 4.39 Å². The van der Waals surface area contributed by atoms with Gasteiger partial charge >= 0.3 is 0 Å². The Balaban J connectivity index is 1.98. The third kappa shape index (κ3) is 1.88. The highest BCUT2D eigenvalue weighted by Crippen LogP contribution is 2.36. The first-order valence-corrected chi connectivity index (χ1v) is 7.27. The van der Waals surface area contributed by atoms with Gasteiger partial charge in [0.05, 0.1) is 18.2 Å². The van der Waals surface area contributed by atoms with Gasteiger partial charge in [0.1, 0.15) is 17.1 Å². The summed E-state index contributed by atoms with van der Waals surface area (Å²) in [7, 11) is 0. The number of rotatable bonds is 1. The number of para-hydroxylation sites is 2. The maximum atomic E-state index is 13.9. The highest BCUT2D eigenvalue weighted by molar-refractivity contribution is 7.71.